The summed E-state index contributed by atoms with van der Waals surface area (Å²) < 4.78 is 109. The van der Waals surface area contributed by atoms with Gasteiger partial charge in [0.05, 0.1) is 5.69 Å². The van der Waals surface area contributed by atoms with Crippen molar-refractivity contribution in [3.63, 3.8) is 0 Å². The van der Waals surface area contributed by atoms with Gasteiger partial charge in [0, 0.05) is 0 Å². The van der Waals surface area contributed by atoms with Gasteiger partial charge in [0.1, 0.15) is 0 Å². The molecule has 0 aromatic heterocycles. The van der Waals surface area contributed by atoms with E-state index >= 15 is 0 Å². The summed E-state index contributed by atoms with van der Waals surface area (Å²) in [5.74, 6) is -8.82. The second-order valence-electron chi connectivity index (χ2n) is 3.83. The van der Waals surface area contributed by atoms with E-state index in [9.17, 15) is 44.3 Å². The Morgan fingerprint density at radius 2 is 1.36 bits per heavy atom. The summed E-state index contributed by atoms with van der Waals surface area (Å²) in [5.41, 5.74) is -1.39. The van der Waals surface area contributed by atoms with E-state index in [1.54, 1.807) is 0 Å². The molecule has 22 heavy (non-hydrogen) atoms. The lowest BCUT2D eigenvalue weighted by atomic mass is 10.1. The Morgan fingerprint density at radius 1 is 0.909 bits per heavy atom. The predicted molar refractivity (Wildman–Crippen MR) is 58.7 cm³/mol. The van der Waals surface area contributed by atoms with Crippen molar-refractivity contribution in [2.75, 3.05) is 5.32 Å². The van der Waals surface area contributed by atoms with Gasteiger partial charge in [-0.3, -0.25) is 4.79 Å². The number of carbonyl (C=O) groups excluding carboxylic acids is 1. The number of benzene rings is 1. The van der Waals surface area contributed by atoms with Crippen LogP contribution in [0.1, 0.15) is 0 Å². The van der Waals surface area contributed by atoms with Crippen molar-refractivity contribution in [1.82, 2.24) is 0 Å². The number of hydrogen-bond donors (Lipinski definition) is 1. The molecule has 1 aromatic carbocycles. The van der Waals surface area contributed by atoms with Crippen LogP contribution in [0.2, 0.25) is 0 Å². The molecule has 1 aromatic rings. The standard InChI is InChI=1S/C10H3BrF9NO/c11-8(9(15,16)17,10(18,19)20)7(22)21-4-2-1-3(12)5(13)6(4)14/h1-2H,(H,21,22). The van der Waals surface area contributed by atoms with E-state index < -0.39 is 45.7 Å². The van der Waals surface area contributed by atoms with E-state index in [2.05, 4.69) is 0 Å². The van der Waals surface area contributed by atoms with Gasteiger partial charge in [-0.25, -0.2) is 13.2 Å². The van der Waals surface area contributed by atoms with Crippen LogP contribution in [0.4, 0.5) is 45.2 Å². The molecule has 0 aliphatic carbocycles. The summed E-state index contributed by atoms with van der Waals surface area (Å²) in [6.07, 6.45) is -12.3. The van der Waals surface area contributed by atoms with Gasteiger partial charge >= 0.3 is 12.4 Å². The molecule has 0 aliphatic heterocycles. The molecule has 1 amide bonds. The van der Waals surface area contributed by atoms with Crippen molar-refractivity contribution in [1.29, 1.82) is 0 Å². The van der Waals surface area contributed by atoms with Gasteiger partial charge in [0.2, 0.25) is 0 Å². The Hall–Kier alpha value is -1.46. The first-order chi connectivity index (χ1) is 9.73. The van der Waals surface area contributed by atoms with Gasteiger partial charge in [-0.2, -0.15) is 26.3 Å². The Kier molecular flexibility index (Phi) is 4.76. The topological polar surface area (TPSA) is 29.1 Å². The zero-order valence-corrected chi connectivity index (χ0v) is 11.4. The molecule has 12 heteroatoms. The molecular weight excluding hydrogens is 401 g/mol. The number of amides is 1. The van der Waals surface area contributed by atoms with Crippen molar-refractivity contribution in [3.8, 4) is 0 Å². The van der Waals surface area contributed by atoms with Gasteiger partial charge in [0.25, 0.3) is 10.2 Å². The van der Waals surface area contributed by atoms with Crippen LogP contribution in [0.25, 0.3) is 0 Å². The number of alkyl halides is 7. The SMILES string of the molecule is O=C(Nc1ccc(F)c(F)c1F)C(Br)(C(F)(F)F)C(F)(F)F. The van der Waals surface area contributed by atoms with E-state index in [0.29, 0.717) is 0 Å². The minimum absolute atomic E-state index is 0.213. The molecule has 2 nitrogen and oxygen atoms in total. The second kappa shape index (κ2) is 5.63. The molecule has 0 aliphatic rings. The van der Waals surface area contributed by atoms with E-state index in [1.165, 1.54) is 15.9 Å². The van der Waals surface area contributed by atoms with E-state index in [4.69, 9.17) is 0 Å². The number of halogens is 10. The first kappa shape index (κ1) is 18.6. The summed E-state index contributed by atoms with van der Waals surface area (Å²) in [7, 11) is 0. The number of hydrogen-bond acceptors (Lipinski definition) is 1. The molecule has 0 radical (unpaired) electrons. The molecule has 0 atom stereocenters. The predicted octanol–water partition coefficient (Wildman–Crippen LogP) is 4.30. The van der Waals surface area contributed by atoms with Gasteiger partial charge in [-0.1, -0.05) is 15.9 Å². The van der Waals surface area contributed by atoms with Crippen LogP contribution >= 0.6 is 15.9 Å². The van der Waals surface area contributed by atoms with Gasteiger partial charge in [-0.05, 0) is 12.1 Å². The van der Waals surface area contributed by atoms with Gasteiger partial charge in [0.15, 0.2) is 17.5 Å². The van der Waals surface area contributed by atoms with Crippen LogP contribution in [0, 0.1) is 17.5 Å². The molecule has 0 heterocycles. The Morgan fingerprint density at radius 3 is 1.77 bits per heavy atom. The number of nitrogens with one attached hydrogen (secondary N) is 1. The first-order valence-corrected chi connectivity index (χ1v) is 5.80. The van der Waals surface area contributed by atoms with Crippen LogP contribution < -0.4 is 5.32 Å². The van der Waals surface area contributed by atoms with Crippen molar-refractivity contribution in [3.05, 3.63) is 29.6 Å². The number of carbonyl (C=O) groups is 1. The average molecular weight is 404 g/mol. The van der Waals surface area contributed by atoms with Crippen molar-refractivity contribution < 1.29 is 44.3 Å². The van der Waals surface area contributed by atoms with Crippen LogP contribution in [-0.2, 0) is 4.79 Å². The van der Waals surface area contributed by atoms with Gasteiger partial charge in [-0.15, -0.1) is 0 Å². The third kappa shape index (κ3) is 3.01. The highest BCUT2D eigenvalue weighted by Crippen LogP contribution is 2.50. The molecule has 0 fully saturated rings. The smallest absolute Gasteiger partial charge is 0.322 e. The minimum atomic E-state index is -6.13. The maximum atomic E-state index is 13.2. The molecule has 1 N–H and O–H groups in total. The monoisotopic (exact) mass is 403 g/mol. The number of anilines is 1. The Balaban J connectivity index is 3.28. The fourth-order valence-electron chi connectivity index (χ4n) is 1.25. The van der Waals surface area contributed by atoms with E-state index in [0.717, 1.165) is 5.32 Å². The molecule has 0 bridgehead atoms. The van der Waals surface area contributed by atoms with E-state index in [1.807, 2.05) is 0 Å². The average Bonchev–Trinajstić information content (AvgIpc) is 2.35. The zero-order valence-electron chi connectivity index (χ0n) is 9.84. The number of rotatable bonds is 2. The molecule has 0 unspecified atom stereocenters. The lowest BCUT2D eigenvalue weighted by Gasteiger charge is -2.30. The molecule has 0 spiro atoms. The fraction of sp³-hybridized carbons (Fsp3) is 0.300. The highest BCUT2D eigenvalue weighted by Gasteiger charge is 2.74. The summed E-state index contributed by atoms with van der Waals surface area (Å²) >= 11 is 1.25. The van der Waals surface area contributed by atoms with Crippen molar-refractivity contribution in [2.24, 2.45) is 0 Å². The molecule has 0 saturated heterocycles. The highest BCUT2D eigenvalue weighted by molar-refractivity contribution is 9.10. The Bertz CT molecular complexity index is 581. The summed E-state index contributed by atoms with van der Waals surface area (Å²) in [6.45, 7) is 0. The van der Waals surface area contributed by atoms with Crippen LogP contribution in [0.5, 0.6) is 0 Å². The highest BCUT2D eigenvalue weighted by atomic mass is 79.9. The largest absolute Gasteiger partial charge is 0.421 e. The lowest BCUT2D eigenvalue weighted by molar-refractivity contribution is -0.253. The third-order valence-corrected chi connectivity index (χ3v) is 3.64. The maximum Gasteiger partial charge on any atom is 0.421 e. The second-order valence-corrected chi connectivity index (χ2v) is 5.02. The zero-order chi connectivity index (χ0) is 17.5. The first-order valence-electron chi connectivity index (χ1n) is 5.00. The van der Waals surface area contributed by atoms with Crippen molar-refractivity contribution in [2.45, 2.75) is 16.7 Å². The molecule has 124 valence electrons. The molecular formula is C10H3BrF9NO. The van der Waals surface area contributed by atoms with Gasteiger partial charge < -0.3 is 5.32 Å². The van der Waals surface area contributed by atoms with Crippen LogP contribution in [-0.4, -0.2) is 22.6 Å². The molecule has 1 rings (SSSR count). The van der Waals surface area contributed by atoms with E-state index in [-0.39, 0.29) is 12.1 Å². The van der Waals surface area contributed by atoms with Crippen LogP contribution in [0.3, 0.4) is 0 Å². The van der Waals surface area contributed by atoms with Crippen LogP contribution in [0.15, 0.2) is 12.1 Å². The quantitative estimate of drug-likeness (QED) is 0.445. The normalized spacial score (nSPS) is 13.2. The minimum Gasteiger partial charge on any atom is -0.322 e. The molecule has 0 saturated carbocycles. The van der Waals surface area contributed by atoms with Crippen molar-refractivity contribution >= 4 is 27.5 Å². The third-order valence-electron chi connectivity index (χ3n) is 2.38. The lowest BCUT2D eigenvalue weighted by Crippen LogP contribution is -2.59. The summed E-state index contributed by atoms with van der Waals surface area (Å²) in [4.78, 5) is 11.3. The Labute approximate surface area is 124 Å². The fourth-order valence-corrected chi connectivity index (χ4v) is 1.35. The summed E-state index contributed by atoms with van der Waals surface area (Å²) in [6, 6.07) is 0.483. The summed E-state index contributed by atoms with van der Waals surface area (Å²) in [5, 5.41) is 0.924. The maximum absolute atomic E-state index is 13.2.